The predicted molar refractivity (Wildman–Crippen MR) is 161 cm³/mol. The van der Waals surface area contributed by atoms with E-state index >= 15 is 0 Å². The van der Waals surface area contributed by atoms with Gasteiger partial charge in [0.2, 0.25) is 0 Å². The number of nitrogens with one attached hydrogen (secondary N) is 1. The molecule has 0 amide bonds. The quantitative estimate of drug-likeness (QED) is 0.0716. The maximum Gasteiger partial charge on any atom is 0.327 e. The number of hydrogen-bond acceptors (Lipinski definition) is 6. The van der Waals surface area contributed by atoms with Crippen LogP contribution in [0, 0.1) is 0 Å². The number of nitrogens with zero attached hydrogens (tertiary/aromatic N) is 1. The van der Waals surface area contributed by atoms with Crippen LogP contribution in [-0.2, 0) is 14.4 Å². The molecule has 0 aliphatic carbocycles. The van der Waals surface area contributed by atoms with Crippen LogP contribution >= 0.6 is 0 Å². The Labute approximate surface area is 238 Å². The van der Waals surface area contributed by atoms with E-state index in [1.165, 1.54) is 83.7 Å². The topological polar surface area (TPSA) is 153 Å². The van der Waals surface area contributed by atoms with Gasteiger partial charge in [0, 0.05) is 6.08 Å². The monoisotopic (exact) mass is 559 g/mol. The van der Waals surface area contributed by atoms with E-state index in [9.17, 15) is 19.5 Å². The Hall–Kier alpha value is -1.97. The molecule has 0 aromatic carbocycles. The first kappa shape index (κ1) is 41.5. The lowest BCUT2D eigenvalue weighted by Gasteiger charge is -2.30. The second-order valence-corrected chi connectivity index (χ2v) is 9.86. The summed E-state index contributed by atoms with van der Waals surface area (Å²) < 4.78 is 0. The molecule has 232 valence electrons. The van der Waals surface area contributed by atoms with Gasteiger partial charge in [-0.2, -0.15) is 0 Å². The SMILES string of the molecule is C=CC(=O)O.CCCCCCCCCCCCN(CCC)C(C(=O)O)C(N)C(=O)O.CCCCNCCCC. The summed E-state index contributed by atoms with van der Waals surface area (Å²) in [5.41, 5.74) is 5.59. The molecule has 2 unspecified atom stereocenters. The summed E-state index contributed by atoms with van der Waals surface area (Å²) in [4.78, 5) is 33.5. The van der Waals surface area contributed by atoms with Gasteiger partial charge in [-0.15, -0.1) is 0 Å². The predicted octanol–water partition coefficient (Wildman–Crippen LogP) is 5.92. The molecule has 9 heteroatoms. The molecule has 2 atom stereocenters. The van der Waals surface area contributed by atoms with Crippen molar-refractivity contribution in [1.29, 1.82) is 0 Å². The Morgan fingerprint density at radius 2 is 1.10 bits per heavy atom. The third-order valence-corrected chi connectivity index (χ3v) is 6.17. The van der Waals surface area contributed by atoms with Gasteiger partial charge in [0.25, 0.3) is 0 Å². The minimum atomic E-state index is -1.40. The highest BCUT2D eigenvalue weighted by Crippen LogP contribution is 2.13. The van der Waals surface area contributed by atoms with Crippen molar-refractivity contribution in [3.05, 3.63) is 12.7 Å². The summed E-state index contributed by atoms with van der Waals surface area (Å²) in [7, 11) is 0. The molecule has 0 fully saturated rings. The summed E-state index contributed by atoms with van der Waals surface area (Å²) in [5, 5.41) is 29.4. The Morgan fingerprint density at radius 3 is 1.44 bits per heavy atom. The van der Waals surface area contributed by atoms with Gasteiger partial charge in [-0.1, -0.05) is 105 Å². The average Bonchev–Trinajstić information content (AvgIpc) is 2.90. The number of rotatable bonds is 24. The van der Waals surface area contributed by atoms with Gasteiger partial charge in [-0.25, -0.2) is 4.79 Å². The van der Waals surface area contributed by atoms with Crippen LogP contribution in [0.15, 0.2) is 12.7 Å². The highest BCUT2D eigenvalue weighted by Gasteiger charge is 2.35. The van der Waals surface area contributed by atoms with Crippen LogP contribution in [0.2, 0.25) is 0 Å². The van der Waals surface area contributed by atoms with Crippen LogP contribution in [-0.4, -0.2) is 76.4 Å². The summed E-state index contributed by atoms with van der Waals surface area (Å²) in [6, 6.07) is -2.55. The summed E-state index contributed by atoms with van der Waals surface area (Å²) >= 11 is 0. The number of hydrogen-bond donors (Lipinski definition) is 5. The van der Waals surface area contributed by atoms with E-state index in [-0.39, 0.29) is 0 Å². The highest BCUT2D eigenvalue weighted by molar-refractivity contribution is 5.85. The maximum atomic E-state index is 11.5. The number of carboxylic acids is 3. The van der Waals surface area contributed by atoms with Gasteiger partial charge in [0.1, 0.15) is 12.1 Å². The smallest absolute Gasteiger partial charge is 0.327 e. The number of carboxylic acid groups (broad SMARTS) is 3. The first-order valence-electron chi connectivity index (χ1n) is 15.2. The standard InChI is InChI=1S/C19H38N2O4.C8H19N.C3H4O2/c1-3-5-6-7-8-9-10-11-12-13-15-21(14-4-2)17(19(24)25)16(20)18(22)23;1-3-5-7-9-8-6-4-2;1-2-3(4)5/h16-17H,3-15,20H2,1-2H3,(H,22,23)(H,24,25);9H,3-8H2,1-2H3;2H,1H2,(H,4,5). The fourth-order valence-electron chi connectivity index (χ4n) is 3.88. The van der Waals surface area contributed by atoms with Gasteiger partial charge >= 0.3 is 17.9 Å². The molecule has 0 heterocycles. The molecule has 0 saturated carbocycles. The highest BCUT2D eigenvalue weighted by atomic mass is 16.4. The molecule has 0 spiro atoms. The van der Waals surface area contributed by atoms with E-state index in [0.717, 1.165) is 31.8 Å². The molecule has 6 N–H and O–H groups in total. The van der Waals surface area contributed by atoms with Crippen LogP contribution in [0.5, 0.6) is 0 Å². The zero-order chi connectivity index (χ0) is 30.3. The average molecular weight is 560 g/mol. The van der Waals surface area contributed by atoms with Crippen LogP contribution in [0.4, 0.5) is 0 Å². The van der Waals surface area contributed by atoms with E-state index in [1.807, 2.05) is 6.92 Å². The Bertz CT molecular complexity index is 583. The van der Waals surface area contributed by atoms with E-state index in [1.54, 1.807) is 4.90 Å². The normalized spacial score (nSPS) is 11.9. The van der Waals surface area contributed by atoms with E-state index in [2.05, 4.69) is 32.7 Å². The molecular formula is C30H61N3O6. The van der Waals surface area contributed by atoms with Crippen molar-refractivity contribution >= 4 is 17.9 Å². The molecule has 0 aliphatic heterocycles. The van der Waals surface area contributed by atoms with Gasteiger partial charge in [0.15, 0.2) is 0 Å². The van der Waals surface area contributed by atoms with Gasteiger partial charge in [-0.05, 0) is 51.9 Å². The van der Waals surface area contributed by atoms with Gasteiger partial charge < -0.3 is 26.4 Å². The summed E-state index contributed by atoms with van der Waals surface area (Å²) in [6.45, 7) is 15.1. The lowest BCUT2D eigenvalue weighted by Crippen LogP contribution is -2.56. The lowest BCUT2D eigenvalue weighted by molar-refractivity contribution is -0.151. The van der Waals surface area contributed by atoms with Crippen LogP contribution in [0.1, 0.15) is 124 Å². The van der Waals surface area contributed by atoms with Crippen molar-refractivity contribution in [3.63, 3.8) is 0 Å². The van der Waals surface area contributed by atoms with E-state index < -0.39 is 30.0 Å². The zero-order valence-corrected chi connectivity index (χ0v) is 25.5. The van der Waals surface area contributed by atoms with Crippen molar-refractivity contribution < 1.29 is 29.7 Å². The zero-order valence-electron chi connectivity index (χ0n) is 25.5. The third-order valence-electron chi connectivity index (χ3n) is 6.17. The summed E-state index contributed by atoms with van der Waals surface area (Å²) in [5.74, 6) is -3.41. The molecule has 0 bridgehead atoms. The Balaban J connectivity index is -0.000000755. The van der Waals surface area contributed by atoms with Gasteiger partial charge in [-0.3, -0.25) is 14.5 Å². The largest absolute Gasteiger partial charge is 0.480 e. The molecule has 0 aromatic heterocycles. The maximum absolute atomic E-state index is 11.5. The minimum absolute atomic E-state index is 0.551. The molecule has 0 aliphatic rings. The third kappa shape index (κ3) is 30.4. The first-order valence-corrected chi connectivity index (χ1v) is 15.2. The second kappa shape index (κ2) is 32.2. The number of nitrogens with two attached hydrogens (primary N) is 1. The van der Waals surface area contributed by atoms with Crippen LogP contribution in [0.3, 0.4) is 0 Å². The fraction of sp³-hybridized carbons (Fsp3) is 0.833. The van der Waals surface area contributed by atoms with Crippen molar-refractivity contribution in [3.8, 4) is 0 Å². The van der Waals surface area contributed by atoms with Gasteiger partial charge in [0.05, 0.1) is 0 Å². The molecule has 0 rings (SSSR count). The fourth-order valence-corrected chi connectivity index (χ4v) is 3.88. The minimum Gasteiger partial charge on any atom is -0.480 e. The van der Waals surface area contributed by atoms with Crippen molar-refractivity contribution in [2.24, 2.45) is 5.73 Å². The molecular weight excluding hydrogens is 498 g/mol. The van der Waals surface area contributed by atoms with E-state index in [4.69, 9.17) is 15.9 Å². The number of aliphatic carboxylic acids is 3. The second-order valence-electron chi connectivity index (χ2n) is 9.86. The molecule has 9 nitrogen and oxygen atoms in total. The van der Waals surface area contributed by atoms with Crippen LogP contribution < -0.4 is 11.1 Å². The molecule has 0 radical (unpaired) electrons. The Morgan fingerprint density at radius 1 is 0.692 bits per heavy atom. The van der Waals surface area contributed by atoms with Crippen molar-refractivity contribution in [2.75, 3.05) is 26.2 Å². The number of carbonyl (C=O) groups is 3. The first-order chi connectivity index (χ1) is 18.6. The van der Waals surface area contributed by atoms with Crippen molar-refractivity contribution in [1.82, 2.24) is 10.2 Å². The summed E-state index contributed by atoms with van der Waals surface area (Å²) in [6.07, 6.45) is 19.0. The number of unbranched alkanes of at least 4 members (excludes halogenated alkanes) is 11. The van der Waals surface area contributed by atoms with Crippen LogP contribution in [0.25, 0.3) is 0 Å². The molecule has 39 heavy (non-hydrogen) atoms. The van der Waals surface area contributed by atoms with E-state index in [0.29, 0.717) is 13.1 Å². The molecule has 0 aromatic rings. The lowest BCUT2D eigenvalue weighted by atomic mass is 10.0. The van der Waals surface area contributed by atoms with Crippen molar-refractivity contribution in [2.45, 2.75) is 136 Å². The molecule has 0 saturated heterocycles. The Kier molecular flexibility index (Phi) is 34.3.